The van der Waals surface area contributed by atoms with Gasteiger partial charge in [0, 0.05) is 12.6 Å². The second-order valence-electron chi connectivity index (χ2n) is 5.47. The molecule has 2 aromatic rings. The number of likely N-dealkylation sites (N-methyl/N-ethyl adjacent to an activating group) is 1. The monoisotopic (exact) mass is 354 g/mol. The number of nitrogens with zero attached hydrogens (tertiary/aromatic N) is 2. The first kappa shape index (κ1) is 17.0. The lowest BCUT2D eigenvalue weighted by atomic mass is 10.1. The minimum absolute atomic E-state index is 0.00197. The number of phenolic OH excluding ortho intramolecular Hbond substituents is 1. The molecule has 128 valence electrons. The number of carbonyl (C=O) groups excluding carboxylic acids is 1. The number of rotatable bonds is 4. The lowest BCUT2D eigenvalue weighted by Crippen LogP contribution is -2.30. The fourth-order valence-electron chi connectivity index (χ4n) is 2.64. The second kappa shape index (κ2) is 6.94. The highest BCUT2D eigenvalue weighted by Crippen LogP contribution is 2.34. The number of thiocarbonyl (C=S) groups is 1. The van der Waals surface area contributed by atoms with Crippen molar-refractivity contribution < 1.29 is 14.6 Å². The molecule has 1 amide bonds. The molecule has 1 N–H and O–H groups in total. The maximum Gasteiger partial charge on any atom is 0.281 e. The summed E-state index contributed by atoms with van der Waals surface area (Å²) in [5.74, 6) is 0.148. The van der Waals surface area contributed by atoms with Crippen molar-refractivity contribution in [3.63, 3.8) is 0 Å². The van der Waals surface area contributed by atoms with Crippen molar-refractivity contribution in [3.05, 3.63) is 59.8 Å². The van der Waals surface area contributed by atoms with Gasteiger partial charge in [0.1, 0.15) is 5.70 Å². The zero-order valence-corrected chi connectivity index (χ0v) is 14.8. The molecular weight excluding hydrogens is 336 g/mol. The summed E-state index contributed by atoms with van der Waals surface area (Å²) in [7, 11) is 1.73. The molecule has 0 spiro atoms. The Kier molecular flexibility index (Phi) is 4.72. The van der Waals surface area contributed by atoms with Crippen molar-refractivity contribution in [2.45, 2.75) is 6.92 Å². The smallest absolute Gasteiger partial charge is 0.281 e. The van der Waals surface area contributed by atoms with Crippen molar-refractivity contribution in [2.24, 2.45) is 0 Å². The average molecular weight is 354 g/mol. The molecule has 5 nitrogen and oxygen atoms in total. The van der Waals surface area contributed by atoms with Crippen LogP contribution < -0.4 is 9.64 Å². The Balaban J connectivity index is 2.01. The Bertz CT molecular complexity index is 849. The summed E-state index contributed by atoms with van der Waals surface area (Å²) in [5, 5.41) is 10.7. The number of hydrogen-bond donors (Lipinski definition) is 1. The Morgan fingerprint density at radius 2 is 1.88 bits per heavy atom. The quantitative estimate of drug-likeness (QED) is 0.674. The molecule has 0 saturated carbocycles. The van der Waals surface area contributed by atoms with Crippen LogP contribution in [0.25, 0.3) is 6.08 Å². The molecule has 0 radical (unpaired) electrons. The molecule has 0 aromatic heterocycles. The van der Waals surface area contributed by atoms with Gasteiger partial charge in [-0.05, 0) is 43.4 Å². The van der Waals surface area contributed by atoms with E-state index in [1.165, 1.54) is 4.90 Å². The van der Waals surface area contributed by atoms with E-state index in [2.05, 4.69) is 0 Å². The zero-order chi connectivity index (χ0) is 18.0. The lowest BCUT2D eigenvalue weighted by molar-refractivity contribution is -0.114. The minimum atomic E-state index is -0.236. The van der Waals surface area contributed by atoms with E-state index in [-0.39, 0.29) is 11.7 Å². The maximum atomic E-state index is 12.9. The summed E-state index contributed by atoms with van der Waals surface area (Å²) in [6.07, 6.45) is 1.62. The minimum Gasteiger partial charge on any atom is -0.504 e. The molecule has 0 unspecified atom stereocenters. The molecule has 1 saturated heterocycles. The summed E-state index contributed by atoms with van der Waals surface area (Å²) >= 11 is 5.42. The molecule has 3 rings (SSSR count). The normalized spacial score (nSPS) is 16.0. The first-order valence-corrected chi connectivity index (χ1v) is 8.29. The van der Waals surface area contributed by atoms with Crippen LogP contribution in [0.1, 0.15) is 12.5 Å². The number of amides is 1. The van der Waals surface area contributed by atoms with E-state index in [1.54, 1.807) is 36.2 Å². The predicted molar refractivity (Wildman–Crippen MR) is 102 cm³/mol. The molecule has 1 heterocycles. The number of benzene rings is 2. The van der Waals surface area contributed by atoms with Crippen LogP contribution in [-0.2, 0) is 4.79 Å². The zero-order valence-electron chi connectivity index (χ0n) is 14.0. The third-order valence-electron chi connectivity index (χ3n) is 3.90. The van der Waals surface area contributed by atoms with Crippen LogP contribution >= 0.6 is 12.2 Å². The van der Waals surface area contributed by atoms with Crippen LogP contribution in [0.5, 0.6) is 11.5 Å². The van der Waals surface area contributed by atoms with Crippen LogP contribution in [0.15, 0.2) is 54.2 Å². The van der Waals surface area contributed by atoms with Gasteiger partial charge in [-0.3, -0.25) is 9.69 Å². The van der Waals surface area contributed by atoms with E-state index in [9.17, 15) is 9.90 Å². The second-order valence-corrected chi connectivity index (χ2v) is 5.84. The van der Waals surface area contributed by atoms with Gasteiger partial charge in [-0.2, -0.15) is 0 Å². The number of hydrogen-bond acceptors (Lipinski definition) is 4. The van der Waals surface area contributed by atoms with Crippen molar-refractivity contribution in [1.29, 1.82) is 0 Å². The Morgan fingerprint density at radius 1 is 1.16 bits per heavy atom. The van der Waals surface area contributed by atoms with Gasteiger partial charge in [-0.25, -0.2) is 0 Å². The van der Waals surface area contributed by atoms with Crippen LogP contribution in [-0.4, -0.2) is 34.7 Å². The summed E-state index contributed by atoms with van der Waals surface area (Å²) in [5.41, 5.74) is 1.59. The Morgan fingerprint density at radius 3 is 2.56 bits per heavy atom. The van der Waals surface area contributed by atoms with Gasteiger partial charge in [0.25, 0.3) is 5.91 Å². The molecule has 0 atom stereocenters. The molecule has 25 heavy (non-hydrogen) atoms. The molecule has 2 aromatic carbocycles. The number of aromatic hydroxyl groups is 1. The molecular formula is C19H18N2O3S. The molecule has 1 fully saturated rings. The SMILES string of the molecule is CCOc1cccc(/C=C2\C(=O)N(c3ccccc3)C(=S)N2C)c1O. The highest BCUT2D eigenvalue weighted by molar-refractivity contribution is 7.80. The van der Waals surface area contributed by atoms with Crippen LogP contribution in [0.3, 0.4) is 0 Å². The van der Waals surface area contributed by atoms with Crippen molar-refractivity contribution in [1.82, 2.24) is 4.90 Å². The summed E-state index contributed by atoms with van der Waals surface area (Å²) in [6.45, 7) is 2.29. The summed E-state index contributed by atoms with van der Waals surface area (Å²) in [4.78, 5) is 16.0. The van der Waals surface area contributed by atoms with Gasteiger partial charge in [0.15, 0.2) is 16.6 Å². The predicted octanol–water partition coefficient (Wildman–Crippen LogP) is 3.40. The first-order chi connectivity index (χ1) is 12.0. The fourth-order valence-corrected chi connectivity index (χ4v) is 2.92. The van der Waals surface area contributed by atoms with E-state index in [4.69, 9.17) is 17.0 Å². The number of anilines is 1. The van der Waals surface area contributed by atoms with E-state index in [0.29, 0.717) is 34.4 Å². The largest absolute Gasteiger partial charge is 0.504 e. The Labute approximate surface area is 151 Å². The molecule has 0 aliphatic carbocycles. The van der Waals surface area contributed by atoms with Crippen LogP contribution in [0.2, 0.25) is 0 Å². The highest BCUT2D eigenvalue weighted by Gasteiger charge is 2.36. The van der Waals surface area contributed by atoms with Crippen LogP contribution in [0, 0.1) is 0 Å². The average Bonchev–Trinajstić information content (AvgIpc) is 2.82. The van der Waals surface area contributed by atoms with Gasteiger partial charge in [0.2, 0.25) is 0 Å². The van der Waals surface area contributed by atoms with E-state index < -0.39 is 0 Å². The van der Waals surface area contributed by atoms with Crippen molar-refractivity contribution in [3.8, 4) is 11.5 Å². The van der Waals surface area contributed by atoms with E-state index >= 15 is 0 Å². The maximum absolute atomic E-state index is 12.9. The molecule has 0 bridgehead atoms. The number of phenols is 1. The molecule has 1 aliphatic heterocycles. The van der Waals surface area contributed by atoms with Gasteiger partial charge < -0.3 is 14.7 Å². The van der Waals surface area contributed by atoms with Crippen molar-refractivity contribution in [2.75, 3.05) is 18.6 Å². The number of ether oxygens (including phenoxy) is 1. The molecule has 1 aliphatic rings. The standard InChI is InChI=1S/C19H18N2O3S/c1-3-24-16-11-7-8-13(17(16)22)12-15-18(23)21(19(25)20(15)2)14-9-5-4-6-10-14/h4-12,22H,3H2,1-2H3/b15-12+. The topological polar surface area (TPSA) is 53.0 Å². The van der Waals surface area contributed by atoms with Gasteiger partial charge in [-0.15, -0.1) is 0 Å². The Hall–Kier alpha value is -2.86. The number of para-hydroxylation sites is 2. The molecule has 6 heteroatoms. The third-order valence-corrected chi connectivity index (χ3v) is 4.35. The van der Waals surface area contributed by atoms with Crippen molar-refractivity contribution >= 4 is 35.0 Å². The first-order valence-electron chi connectivity index (χ1n) is 7.88. The van der Waals surface area contributed by atoms with E-state index in [0.717, 1.165) is 0 Å². The number of carbonyl (C=O) groups is 1. The highest BCUT2D eigenvalue weighted by atomic mass is 32.1. The van der Waals surface area contributed by atoms with Gasteiger partial charge >= 0.3 is 0 Å². The van der Waals surface area contributed by atoms with Gasteiger partial charge in [0.05, 0.1) is 12.3 Å². The lowest BCUT2D eigenvalue weighted by Gasteiger charge is -2.16. The van der Waals surface area contributed by atoms with E-state index in [1.807, 2.05) is 37.3 Å². The summed E-state index contributed by atoms with van der Waals surface area (Å²) in [6, 6.07) is 14.4. The van der Waals surface area contributed by atoms with Crippen LogP contribution in [0.4, 0.5) is 5.69 Å². The summed E-state index contributed by atoms with van der Waals surface area (Å²) < 4.78 is 5.39. The van der Waals surface area contributed by atoms with Gasteiger partial charge in [-0.1, -0.05) is 30.3 Å². The fraction of sp³-hybridized carbons (Fsp3) is 0.158. The third kappa shape index (κ3) is 3.08.